The van der Waals surface area contributed by atoms with Gasteiger partial charge in [-0.2, -0.15) is 0 Å². The summed E-state index contributed by atoms with van der Waals surface area (Å²) >= 11 is 0. The number of hydrogen-bond donors (Lipinski definition) is 1. The third-order valence-electron chi connectivity index (χ3n) is 3.48. The van der Waals surface area contributed by atoms with Gasteiger partial charge >= 0.3 is 5.97 Å². The molecule has 2 aliphatic heterocycles. The molecule has 0 amide bonds. The zero-order valence-electron chi connectivity index (χ0n) is 10.3. The van der Waals surface area contributed by atoms with Crippen LogP contribution in [0.3, 0.4) is 0 Å². The highest BCUT2D eigenvalue weighted by molar-refractivity contribution is 5.91. The second-order valence-electron chi connectivity index (χ2n) is 4.78. The summed E-state index contributed by atoms with van der Waals surface area (Å²) in [5.74, 6) is -0.262. The van der Waals surface area contributed by atoms with Crippen LogP contribution in [-0.2, 0) is 15.9 Å². The molecule has 0 radical (unpaired) electrons. The number of anilines is 1. The van der Waals surface area contributed by atoms with Crippen molar-refractivity contribution in [2.75, 3.05) is 25.1 Å². The predicted molar refractivity (Wildman–Crippen MR) is 67.9 cm³/mol. The highest BCUT2D eigenvalue weighted by atomic mass is 16.6. The molecule has 1 saturated heterocycles. The van der Waals surface area contributed by atoms with Crippen molar-refractivity contribution in [3.63, 3.8) is 0 Å². The van der Waals surface area contributed by atoms with Gasteiger partial charge in [0.25, 0.3) is 0 Å². The Bertz CT molecular complexity index is 452. The normalized spacial score (nSPS) is 21.4. The Hall–Kier alpha value is -1.55. The van der Waals surface area contributed by atoms with Gasteiger partial charge in [0.15, 0.2) is 0 Å². The van der Waals surface area contributed by atoms with E-state index < -0.39 is 0 Å². The Kier molecular flexibility index (Phi) is 3.19. The van der Waals surface area contributed by atoms with Crippen LogP contribution in [-0.4, -0.2) is 31.8 Å². The molecule has 2 heterocycles. The van der Waals surface area contributed by atoms with Gasteiger partial charge in [-0.15, -0.1) is 0 Å². The van der Waals surface area contributed by atoms with E-state index in [1.54, 1.807) is 0 Å². The number of carbonyl (C=O) groups excluding carboxylic acids is 1. The fourth-order valence-corrected chi connectivity index (χ4v) is 2.45. The van der Waals surface area contributed by atoms with Gasteiger partial charge in [-0.25, -0.2) is 4.79 Å². The van der Waals surface area contributed by atoms with Gasteiger partial charge in [-0.05, 0) is 37.0 Å². The van der Waals surface area contributed by atoms with Crippen molar-refractivity contribution >= 4 is 11.7 Å². The summed E-state index contributed by atoms with van der Waals surface area (Å²) in [6.45, 7) is 2.10. The van der Waals surface area contributed by atoms with E-state index in [1.165, 1.54) is 5.56 Å². The lowest BCUT2D eigenvalue weighted by Gasteiger charge is -2.10. The lowest BCUT2D eigenvalue weighted by atomic mass is 10.1. The molecule has 1 atom stereocenters. The average molecular weight is 247 g/mol. The molecule has 0 aliphatic carbocycles. The van der Waals surface area contributed by atoms with E-state index in [-0.39, 0.29) is 12.1 Å². The van der Waals surface area contributed by atoms with Crippen molar-refractivity contribution in [1.29, 1.82) is 0 Å². The van der Waals surface area contributed by atoms with Crippen LogP contribution in [0.5, 0.6) is 0 Å². The van der Waals surface area contributed by atoms with Crippen molar-refractivity contribution in [2.45, 2.75) is 25.4 Å². The van der Waals surface area contributed by atoms with Crippen molar-refractivity contribution in [3.8, 4) is 0 Å². The summed E-state index contributed by atoms with van der Waals surface area (Å²) in [4.78, 5) is 11.9. The number of hydrogen-bond acceptors (Lipinski definition) is 4. The average Bonchev–Trinajstić information content (AvgIpc) is 3.05. The topological polar surface area (TPSA) is 47.6 Å². The third kappa shape index (κ3) is 2.34. The van der Waals surface area contributed by atoms with Crippen molar-refractivity contribution < 1.29 is 14.3 Å². The number of benzene rings is 1. The highest BCUT2D eigenvalue weighted by Crippen LogP contribution is 2.23. The van der Waals surface area contributed by atoms with E-state index in [4.69, 9.17) is 9.47 Å². The molecule has 1 aromatic carbocycles. The minimum atomic E-state index is -0.262. The van der Waals surface area contributed by atoms with Crippen LogP contribution < -0.4 is 5.32 Å². The lowest BCUT2D eigenvalue weighted by molar-refractivity contribution is 0.0161. The second kappa shape index (κ2) is 4.98. The van der Waals surface area contributed by atoms with Gasteiger partial charge in [0, 0.05) is 18.8 Å². The summed E-state index contributed by atoms with van der Waals surface area (Å²) in [5, 5.41) is 3.26. The van der Waals surface area contributed by atoms with Crippen LogP contribution in [0.25, 0.3) is 0 Å². The first-order valence-electron chi connectivity index (χ1n) is 6.48. The zero-order chi connectivity index (χ0) is 12.4. The number of nitrogens with one attached hydrogen (secondary N) is 1. The molecule has 96 valence electrons. The monoisotopic (exact) mass is 247 g/mol. The van der Waals surface area contributed by atoms with Gasteiger partial charge < -0.3 is 14.8 Å². The van der Waals surface area contributed by atoms with Gasteiger partial charge in [0.1, 0.15) is 6.61 Å². The van der Waals surface area contributed by atoms with Crippen LogP contribution >= 0.6 is 0 Å². The minimum Gasteiger partial charge on any atom is -0.459 e. The summed E-state index contributed by atoms with van der Waals surface area (Å²) in [5.41, 5.74) is 2.94. The van der Waals surface area contributed by atoms with E-state index in [9.17, 15) is 4.79 Å². The maximum Gasteiger partial charge on any atom is 0.338 e. The first kappa shape index (κ1) is 11.5. The molecule has 0 aromatic heterocycles. The Balaban J connectivity index is 1.61. The molecule has 1 fully saturated rings. The molecular weight excluding hydrogens is 230 g/mol. The standard InChI is InChI=1S/C14H17NO3/c16-14(18-9-12-2-1-7-17-12)11-4-3-10-5-6-15-13(10)8-11/h3-4,8,12,15H,1-2,5-7,9H2. The number of esters is 1. The van der Waals surface area contributed by atoms with Crippen molar-refractivity contribution in [1.82, 2.24) is 0 Å². The first-order chi connectivity index (χ1) is 8.83. The molecular formula is C14H17NO3. The molecule has 4 nitrogen and oxygen atoms in total. The Morgan fingerprint density at radius 1 is 1.50 bits per heavy atom. The van der Waals surface area contributed by atoms with E-state index in [0.717, 1.165) is 38.1 Å². The first-order valence-corrected chi connectivity index (χ1v) is 6.48. The number of rotatable bonds is 3. The molecule has 1 unspecified atom stereocenters. The molecule has 1 N–H and O–H groups in total. The third-order valence-corrected chi connectivity index (χ3v) is 3.48. The van der Waals surface area contributed by atoms with E-state index in [2.05, 4.69) is 5.32 Å². The number of ether oxygens (including phenoxy) is 2. The minimum absolute atomic E-state index is 0.0847. The Morgan fingerprint density at radius 3 is 3.28 bits per heavy atom. The SMILES string of the molecule is O=C(OCC1CCCO1)c1ccc2c(c1)NCC2. The van der Waals surface area contributed by atoms with Crippen LogP contribution in [0, 0.1) is 0 Å². The molecule has 0 bridgehead atoms. The van der Waals surface area contributed by atoms with Gasteiger partial charge in [-0.3, -0.25) is 0 Å². The molecule has 2 aliphatic rings. The summed E-state index contributed by atoms with van der Waals surface area (Å²) in [6, 6.07) is 5.71. The molecule has 0 saturated carbocycles. The number of fused-ring (bicyclic) bond motifs is 1. The maximum absolute atomic E-state index is 11.9. The predicted octanol–water partition coefficient (Wildman–Crippen LogP) is 1.99. The van der Waals surface area contributed by atoms with Crippen molar-refractivity contribution in [3.05, 3.63) is 29.3 Å². The molecule has 18 heavy (non-hydrogen) atoms. The number of carbonyl (C=O) groups is 1. The molecule has 0 spiro atoms. The Labute approximate surface area is 106 Å². The second-order valence-corrected chi connectivity index (χ2v) is 4.78. The van der Waals surface area contributed by atoms with Crippen LogP contribution in [0.15, 0.2) is 18.2 Å². The summed E-state index contributed by atoms with van der Waals surface area (Å²) < 4.78 is 10.7. The maximum atomic E-state index is 11.9. The van der Waals surface area contributed by atoms with Crippen molar-refractivity contribution in [2.24, 2.45) is 0 Å². The van der Waals surface area contributed by atoms with Crippen LogP contribution in [0.2, 0.25) is 0 Å². The van der Waals surface area contributed by atoms with E-state index in [0.29, 0.717) is 12.2 Å². The van der Waals surface area contributed by atoms with Gasteiger partial charge in [0.2, 0.25) is 0 Å². The highest BCUT2D eigenvalue weighted by Gasteiger charge is 2.19. The van der Waals surface area contributed by atoms with Crippen LogP contribution in [0.1, 0.15) is 28.8 Å². The largest absolute Gasteiger partial charge is 0.459 e. The smallest absolute Gasteiger partial charge is 0.338 e. The molecule has 1 aromatic rings. The lowest BCUT2D eigenvalue weighted by Crippen LogP contribution is -2.17. The quantitative estimate of drug-likeness (QED) is 0.830. The zero-order valence-corrected chi connectivity index (χ0v) is 10.3. The molecule has 3 rings (SSSR count). The van der Waals surface area contributed by atoms with Gasteiger partial charge in [0.05, 0.1) is 11.7 Å². The Morgan fingerprint density at radius 2 is 2.44 bits per heavy atom. The van der Waals surface area contributed by atoms with Gasteiger partial charge in [-0.1, -0.05) is 6.07 Å². The summed E-state index contributed by atoms with van der Waals surface area (Å²) in [6.07, 6.45) is 3.16. The fraction of sp³-hybridized carbons (Fsp3) is 0.500. The summed E-state index contributed by atoms with van der Waals surface area (Å²) in [7, 11) is 0. The van der Waals surface area contributed by atoms with E-state index in [1.807, 2.05) is 18.2 Å². The fourth-order valence-electron chi connectivity index (χ4n) is 2.45. The van der Waals surface area contributed by atoms with Crippen LogP contribution in [0.4, 0.5) is 5.69 Å². The van der Waals surface area contributed by atoms with E-state index >= 15 is 0 Å². The molecule has 4 heteroatoms.